The molecule has 2 aromatic heterocycles. The summed E-state index contributed by atoms with van der Waals surface area (Å²) >= 11 is 0. The number of rotatable bonds is 7. The average Bonchev–Trinajstić information content (AvgIpc) is 3.44. The van der Waals surface area contributed by atoms with Crippen LogP contribution in [-0.4, -0.2) is 25.8 Å². The molecule has 7 nitrogen and oxygen atoms in total. The maximum Gasteiger partial charge on any atom is 0.434 e. The van der Waals surface area contributed by atoms with E-state index < -0.39 is 23.4 Å². The zero-order chi connectivity index (χ0) is 28.3. The molecule has 0 aliphatic heterocycles. The first kappa shape index (κ1) is 26.2. The summed E-state index contributed by atoms with van der Waals surface area (Å²) < 4.78 is 47.7. The molecule has 0 radical (unpaired) electrons. The van der Waals surface area contributed by atoms with E-state index in [0.29, 0.717) is 33.4 Å². The first-order valence-corrected chi connectivity index (χ1v) is 11.9. The lowest BCUT2D eigenvalue weighted by Crippen LogP contribution is -2.18. The van der Waals surface area contributed by atoms with Crippen molar-refractivity contribution in [2.45, 2.75) is 12.8 Å². The second-order valence-electron chi connectivity index (χ2n) is 8.67. The van der Waals surface area contributed by atoms with Gasteiger partial charge in [-0.15, -0.1) is 0 Å². The van der Waals surface area contributed by atoms with Crippen molar-refractivity contribution in [3.05, 3.63) is 120 Å². The van der Waals surface area contributed by atoms with Crippen LogP contribution in [-0.2, 0) is 12.8 Å². The molecule has 0 amide bonds. The molecule has 0 unspecified atom stereocenters. The smallest absolute Gasteiger partial charge is 0.434 e. The monoisotopic (exact) mass is 540 g/mol. The number of nitriles is 1. The van der Waals surface area contributed by atoms with Gasteiger partial charge in [-0.05, 0) is 53.1 Å². The number of carboxylic acids is 1. The van der Waals surface area contributed by atoms with E-state index in [0.717, 1.165) is 16.7 Å². The van der Waals surface area contributed by atoms with E-state index in [-0.39, 0.29) is 12.4 Å². The van der Waals surface area contributed by atoms with E-state index in [1.165, 1.54) is 12.1 Å². The van der Waals surface area contributed by atoms with Gasteiger partial charge in [0.25, 0.3) is 0 Å². The zero-order valence-electron chi connectivity index (χ0n) is 20.6. The minimum absolute atomic E-state index is 0.189. The quantitative estimate of drug-likeness (QED) is 0.245. The van der Waals surface area contributed by atoms with Gasteiger partial charge in [0.1, 0.15) is 17.9 Å². The van der Waals surface area contributed by atoms with Crippen molar-refractivity contribution < 1.29 is 27.8 Å². The summed E-state index contributed by atoms with van der Waals surface area (Å²) in [6.07, 6.45) is -4.30. The molecular formula is C30H19F3N4O3. The zero-order valence-corrected chi connectivity index (χ0v) is 20.6. The number of pyridine rings is 1. The number of halogens is 3. The number of para-hydroxylation sites is 1. The van der Waals surface area contributed by atoms with Crippen molar-refractivity contribution in [3.8, 4) is 40.0 Å². The molecule has 0 saturated heterocycles. The van der Waals surface area contributed by atoms with Crippen molar-refractivity contribution in [1.82, 2.24) is 14.8 Å². The van der Waals surface area contributed by atoms with E-state index in [1.807, 2.05) is 36.4 Å². The van der Waals surface area contributed by atoms with Gasteiger partial charge < -0.3 is 9.84 Å². The fourth-order valence-electron chi connectivity index (χ4n) is 4.14. The Morgan fingerprint density at radius 2 is 1.60 bits per heavy atom. The lowest BCUT2D eigenvalue weighted by atomic mass is 10.0. The number of nitrogens with zero attached hydrogens (tertiary/aromatic N) is 4. The molecule has 0 fully saturated rings. The van der Waals surface area contributed by atoms with Gasteiger partial charge in [0.2, 0.25) is 0 Å². The van der Waals surface area contributed by atoms with Crippen molar-refractivity contribution in [2.75, 3.05) is 0 Å². The number of hydrogen-bond acceptors (Lipinski definition) is 5. The van der Waals surface area contributed by atoms with E-state index in [4.69, 9.17) is 10.00 Å². The van der Waals surface area contributed by atoms with Crippen LogP contribution in [0.3, 0.4) is 0 Å². The molecule has 0 aliphatic rings. The summed E-state index contributed by atoms with van der Waals surface area (Å²) in [6.45, 7) is 0.226. The highest BCUT2D eigenvalue weighted by molar-refractivity contribution is 5.89. The Kier molecular flexibility index (Phi) is 7.03. The second-order valence-corrected chi connectivity index (χ2v) is 8.67. The van der Waals surface area contributed by atoms with Crippen LogP contribution in [0.25, 0.3) is 28.2 Å². The third-order valence-corrected chi connectivity index (χ3v) is 6.08. The van der Waals surface area contributed by atoms with Gasteiger partial charge in [0.05, 0.1) is 23.5 Å². The fraction of sp³-hybridized carbons (Fsp3) is 0.0667. The Balaban J connectivity index is 1.39. The number of ether oxygens (including phenoxy) is 1. The molecule has 5 rings (SSSR count). The fourth-order valence-corrected chi connectivity index (χ4v) is 4.14. The van der Waals surface area contributed by atoms with Crippen molar-refractivity contribution in [2.24, 2.45) is 0 Å². The Labute approximate surface area is 226 Å². The SMILES string of the molecule is N#Cc1ccc(-c2ccc(COc3ccccc3-c3cccc(-n4ncc(C(=O)O)c4C(F)(F)F)n3)cc2)cc1. The van der Waals surface area contributed by atoms with Gasteiger partial charge in [-0.1, -0.05) is 54.6 Å². The number of carboxylic acid groups (broad SMARTS) is 1. The molecule has 0 aliphatic carbocycles. The van der Waals surface area contributed by atoms with Gasteiger partial charge in [0.15, 0.2) is 11.5 Å². The predicted molar refractivity (Wildman–Crippen MR) is 140 cm³/mol. The van der Waals surface area contributed by atoms with Crippen molar-refractivity contribution in [3.63, 3.8) is 0 Å². The van der Waals surface area contributed by atoms with Gasteiger partial charge in [-0.3, -0.25) is 0 Å². The Morgan fingerprint density at radius 1 is 0.925 bits per heavy atom. The Hall–Kier alpha value is -5.43. The number of hydrogen-bond donors (Lipinski definition) is 1. The standard InChI is InChI=1S/C30H19F3N4O3/c31-30(32,33)28-24(29(38)39)17-35-37(28)27-7-3-5-25(36-27)23-4-1-2-6-26(23)40-18-20-10-14-22(15-11-20)21-12-8-19(16-34)9-13-21/h1-15,17H,18H2,(H,38,39). The second kappa shape index (κ2) is 10.7. The number of benzene rings is 3. The average molecular weight is 541 g/mol. The minimum Gasteiger partial charge on any atom is -0.488 e. The molecule has 0 bridgehead atoms. The third kappa shape index (κ3) is 5.39. The number of alkyl halides is 3. The highest BCUT2D eigenvalue weighted by Gasteiger charge is 2.41. The third-order valence-electron chi connectivity index (χ3n) is 6.08. The summed E-state index contributed by atoms with van der Waals surface area (Å²) in [5.74, 6) is -1.46. The molecule has 40 heavy (non-hydrogen) atoms. The van der Waals surface area contributed by atoms with Crippen LogP contribution in [0.5, 0.6) is 5.75 Å². The molecule has 0 spiro atoms. The molecule has 10 heteroatoms. The number of aromatic nitrogens is 3. The highest BCUT2D eigenvalue weighted by Crippen LogP contribution is 2.35. The summed E-state index contributed by atoms with van der Waals surface area (Å²) in [4.78, 5) is 15.7. The lowest BCUT2D eigenvalue weighted by molar-refractivity contribution is -0.143. The van der Waals surface area contributed by atoms with Gasteiger partial charge in [-0.2, -0.15) is 23.5 Å². The lowest BCUT2D eigenvalue weighted by Gasteiger charge is -2.14. The summed E-state index contributed by atoms with van der Waals surface area (Å²) in [6, 6.07) is 28.5. The van der Waals surface area contributed by atoms with Gasteiger partial charge >= 0.3 is 12.1 Å². The first-order chi connectivity index (χ1) is 19.2. The first-order valence-electron chi connectivity index (χ1n) is 11.9. The van der Waals surface area contributed by atoms with Crippen LogP contribution in [0.15, 0.2) is 97.2 Å². The summed E-state index contributed by atoms with van der Waals surface area (Å²) in [7, 11) is 0. The van der Waals surface area contributed by atoms with Crippen LogP contribution < -0.4 is 4.74 Å². The van der Waals surface area contributed by atoms with Crippen LogP contribution in [0.2, 0.25) is 0 Å². The largest absolute Gasteiger partial charge is 0.488 e. The highest BCUT2D eigenvalue weighted by atomic mass is 19.4. The van der Waals surface area contributed by atoms with Crippen LogP contribution in [0, 0.1) is 11.3 Å². The molecule has 3 aromatic carbocycles. The molecule has 5 aromatic rings. The molecule has 2 heterocycles. The van der Waals surface area contributed by atoms with E-state index in [1.54, 1.807) is 42.5 Å². The molecule has 198 valence electrons. The van der Waals surface area contributed by atoms with Crippen LogP contribution in [0.4, 0.5) is 13.2 Å². The Bertz CT molecular complexity index is 1720. The van der Waals surface area contributed by atoms with Crippen molar-refractivity contribution >= 4 is 5.97 Å². The van der Waals surface area contributed by atoms with Crippen LogP contribution in [0.1, 0.15) is 27.2 Å². The van der Waals surface area contributed by atoms with E-state index in [9.17, 15) is 23.1 Å². The molecule has 1 N–H and O–H groups in total. The van der Waals surface area contributed by atoms with Gasteiger partial charge in [-0.25, -0.2) is 14.5 Å². The van der Waals surface area contributed by atoms with E-state index in [2.05, 4.69) is 16.2 Å². The summed E-state index contributed by atoms with van der Waals surface area (Å²) in [5.41, 5.74) is 1.92. The molecule has 0 atom stereocenters. The van der Waals surface area contributed by atoms with E-state index >= 15 is 0 Å². The van der Waals surface area contributed by atoms with Crippen molar-refractivity contribution in [1.29, 1.82) is 5.26 Å². The normalized spacial score (nSPS) is 11.2. The maximum absolute atomic E-state index is 13.7. The van der Waals surface area contributed by atoms with Gasteiger partial charge in [0, 0.05) is 5.56 Å². The number of carbonyl (C=O) groups is 1. The Morgan fingerprint density at radius 3 is 2.25 bits per heavy atom. The summed E-state index contributed by atoms with van der Waals surface area (Å²) in [5, 5.41) is 21.8. The maximum atomic E-state index is 13.7. The minimum atomic E-state index is -4.96. The topological polar surface area (TPSA) is 101 Å². The number of aromatic carboxylic acids is 1. The predicted octanol–water partition coefficient (Wildman–Crippen LogP) is 6.77. The van der Waals surface area contributed by atoms with Crippen LogP contribution >= 0.6 is 0 Å². The molecular weight excluding hydrogens is 521 g/mol. The molecule has 0 saturated carbocycles.